The molecule has 1 nitrogen and oxygen atoms in total. The van der Waals surface area contributed by atoms with E-state index in [1.807, 2.05) is 30.0 Å². The third-order valence-corrected chi connectivity index (χ3v) is 3.70. The standard InChI is InChI=1S/C11H11NS2/c1-2-13-11-8-10(12-14-11)9-6-4-3-5-7-9/h3-8H,2H2,1H3. The number of benzene rings is 1. The Morgan fingerprint density at radius 2 is 2.07 bits per heavy atom. The van der Waals surface area contributed by atoms with Gasteiger partial charge in [0.1, 0.15) is 0 Å². The third kappa shape index (κ3) is 2.16. The van der Waals surface area contributed by atoms with Gasteiger partial charge in [0.15, 0.2) is 0 Å². The Morgan fingerprint density at radius 3 is 2.79 bits per heavy atom. The molecular formula is C11H11NS2. The Bertz CT molecular complexity index is 395. The van der Waals surface area contributed by atoms with Crippen LogP contribution in [0.2, 0.25) is 0 Å². The van der Waals surface area contributed by atoms with Gasteiger partial charge in [-0.3, -0.25) is 0 Å². The number of aromatic nitrogens is 1. The molecule has 0 fully saturated rings. The molecule has 1 heterocycles. The molecule has 0 saturated heterocycles. The summed E-state index contributed by atoms with van der Waals surface area (Å²) >= 11 is 3.43. The highest BCUT2D eigenvalue weighted by Gasteiger charge is 2.02. The highest BCUT2D eigenvalue weighted by atomic mass is 32.2. The number of nitrogens with zero attached hydrogens (tertiary/aromatic N) is 1. The van der Waals surface area contributed by atoms with Crippen LogP contribution in [0.5, 0.6) is 0 Å². The zero-order valence-electron chi connectivity index (χ0n) is 7.93. The van der Waals surface area contributed by atoms with Gasteiger partial charge in [-0.2, -0.15) is 4.37 Å². The second kappa shape index (κ2) is 4.62. The number of hydrogen-bond acceptors (Lipinski definition) is 3. The van der Waals surface area contributed by atoms with Crippen molar-refractivity contribution in [3.05, 3.63) is 36.4 Å². The van der Waals surface area contributed by atoms with E-state index in [2.05, 4.69) is 29.5 Å². The molecule has 0 aliphatic heterocycles. The molecule has 3 heteroatoms. The van der Waals surface area contributed by atoms with E-state index < -0.39 is 0 Å². The van der Waals surface area contributed by atoms with Crippen LogP contribution in [0.15, 0.2) is 40.6 Å². The maximum atomic E-state index is 4.43. The van der Waals surface area contributed by atoms with Crippen molar-refractivity contribution < 1.29 is 0 Å². The largest absolute Gasteiger partial charge is 0.192 e. The van der Waals surface area contributed by atoms with E-state index in [1.165, 1.54) is 9.77 Å². The zero-order chi connectivity index (χ0) is 9.80. The first-order valence-electron chi connectivity index (χ1n) is 4.55. The van der Waals surface area contributed by atoms with E-state index in [9.17, 15) is 0 Å². The summed E-state index contributed by atoms with van der Waals surface area (Å²) in [6.07, 6.45) is 0. The van der Waals surface area contributed by atoms with Crippen molar-refractivity contribution in [2.24, 2.45) is 0 Å². The molecule has 0 radical (unpaired) electrons. The highest BCUT2D eigenvalue weighted by molar-refractivity contribution is 8.01. The number of hydrogen-bond donors (Lipinski definition) is 0. The fraction of sp³-hybridized carbons (Fsp3) is 0.182. The van der Waals surface area contributed by atoms with Gasteiger partial charge in [-0.25, -0.2) is 0 Å². The summed E-state index contributed by atoms with van der Waals surface area (Å²) in [6, 6.07) is 12.5. The fourth-order valence-corrected chi connectivity index (χ4v) is 2.88. The summed E-state index contributed by atoms with van der Waals surface area (Å²) in [5, 5.41) is 0. The van der Waals surface area contributed by atoms with E-state index in [0.717, 1.165) is 11.4 Å². The zero-order valence-corrected chi connectivity index (χ0v) is 9.57. The van der Waals surface area contributed by atoms with Crippen molar-refractivity contribution in [1.82, 2.24) is 4.37 Å². The average Bonchev–Trinajstić information content (AvgIpc) is 2.68. The van der Waals surface area contributed by atoms with Crippen molar-refractivity contribution in [2.75, 3.05) is 5.75 Å². The minimum Gasteiger partial charge on any atom is -0.192 e. The van der Waals surface area contributed by atoms with Gasteiger partial charge in [-0.05, 0) is 23.4 Å². The third-order valence-electron chi connectivity index (χ3n) is 1.84. The van der Waals surface area contributed by atoms with Gasteiger partial charge in [-0.15, -0.1) is 11.8 Å². The van der Waals surface area contributed by atoms with Gasteiger partial charge in [-0.1, -0.05) is 37.3 Å². The molecule has 0 amide bonds. The van der Waals surface area contributed by atoms with Crippen molar-refractivity contribution >= 4 is 23.3 Å². The van der Waals surface area contributed by atoms with E-state index in [4.69, 9.17) is 0 Å². The Balaban J connectivity index is 2.25. The number of thioether (sulfide) groups is 1. The van der Waals surface area contributed by atoms with Gasteiger partial charge in [0.2, 0.25) is 0 Å². The summed E-state index contributed by atoms with van der Waals surface area (Å²) in [6.45, 7) is 2.16. The lowest BCUT2D eigenvalue weighted by atomic mass is 10.2. The molecule has 1 aromatic carbocycles. The first-order valence-corrected chi connectivity index (χ1v) is 6.31. The lowest BCUT2D eigenvalue weighted by Gasteiger charge is -1.92. The van der Waals surface area contributed by atoms with E-state index in [0.29, 0.717) is 0 Å². The minimum atomic E-state index is 1.09. The lowest BCUT2D eigenvalue weighted by Crippen LogP contribution is -1.73. The summed E-state index contributed by atoms with van der Waals surface area (Å²) in [5.74, 6) is 1.11. The summed E-state index contributed by atoms with van der Waals surface area (Å²) in [7, 11) is 0. The number of rotatable bonds is 3. The Kier molecular flexibility index (Phi) is 3.22. The van der Waals surface area contributed by atoms with Gasteiger partial charge >= 0.3 is 0 Å². The van der Waals surface area contributed by atoms with Crippen LogP contribution in [0.25, 0.3) is 11.3 Å². The molecule has 0 atom stereocenters. The summed E-state index contributed by atoms with van der Waals surface area (Å²) in [5.41, 5.74) is 2.29. The second-order valence-corrected chi connectivity index (χ2v) is 5.20. The monoisotopic (exact) mass is 221 g/mol. The molecule has 0 saturated carbocycles. The molecule has 0 spiro atoms. The maximum absolute atomic E-state index is 4.43. The topological polar surface area (TPSA) is 12.9 Å². The lowest BCUT2D eigenvalue weighted by molar-refractivity contribution is 1.50. The van der Waals surface area contributed by atoms with Gasteiger partial charge < -0.3 is 0 Å². The SMILES string of the molecule is CCSc1cc(-c2ccccc2)ns1. The molecule has 0 N–H and O–H groups in total. The van der Waals surface area contributed by atoms with E-state index in [1.54, 1.807) is 11.5 Å². The Hall–Kier alpha value is -0.800. The molecule has 1 aromatic heterocycles. The first kappa shape index (κ1) is 9.74. The predicted octanol–water partition coefficient (Wildman–Crippen LogP) is 3.92. The second-order valence-electron chi connectivity index (χ2n) is 2.83. The molecule has 14 heavy (non-hydrogen) atoms. The van der Waals surface area contributed by atoms with Crippen molar-refractivity contribution in [2.45, 2.75) is 11.1 Å². The van der Waals surface area contributed by atoms with E-state index in [-0.39, 0.29) is 0 Å². The normalized spacial score (nSPS) is 10.4. The maximum Gasteiger partial charge on any atom is 0.0852 e. The van der Waals surface area contributed by atoms with Gasteiger partial charge in [0, 0.05) is 5.56 Å². The Labute approximate surface area is 92.3 Å². The van der Waals surface area contributed by atoms with Crippen LogP contribution in [0.4, 0.5) is 0 Å². The van der Waals surface area contributed by atoms with Crippen LogP contribution in [-0.2, 0) is 0 Å². The fourth-order valence-electron chi connectivity index (χ4n) is 1.21. The molecule has 2 aromatic rings. The molecule has 72 valence electrons. The van der Waals surface area contributed by atoms with Crippen LogP contribution in [0, 0.1) is 0 Å². The van der Waals surface area contributed by atoms with Crippen LogP contribution in [-0.4, -0.2) is 10.1 Å². The molecular weight excluding hydrogens is 210 g/mol. The van der Waals surface area contributed by atoms with Crippen LogP contribution in [0.1, 0.15) is 6.92 Å². The van der Waals surface area contributed by atoms with Gasteiger partial charge in [0.05, 0.1) is 9.90 Å². The van der Waals surface area contributed by atoms with Gasteiger partial charge in [0.25, 0.3) is 0 Å². The molecule has 2 rings (SSSR count). The molecule has 0 aliphatic rings. The molecule has 0 aliphatic carbocycles. The van der Waals surface area contributed by atoms with Crippen LogP contribution < -0.4 is 0 Å². The molecule has 0 bridgehead atoms. The quantitative estimate of drug-likeness (QED) is 0.729. The summed E-state index contributed by atoms with van der Waals surface area (Å²) in [4.78, 5) is 0. The minimum absolute atomic E-state index is 1.09. The van der Waals surface area contributed by atoms with E-state index >= 15 is 0 Å². The Morgan fingerprint density at radius 1 is 1.29 bits per heavy atom. The van der Waals surface area contributed by atoms with Crippen LogP contribution in [0.3, 0.4) is 0 Å². The highest BCUT2D eigenvalue weighted by Crippen LogP contribution is 2.28. The first-order chi connectivity index (χ1) is 6.90. The predicted molar refractivity (Wildman–Crippen MR) is 63.9 cm³/mol. The van der Waals surface area contributed by atoms with Crippen molar-refractivity contribution in [1.29, 1.82) is 0 Å². The van der Waals surface area contributed by atoms with Crippen LogP contribution >= 0.6 is 23.3 Å². The summed E-state index contributed by atoms with van der Waals surface area (Å²) < 4.78 is 5.72. The smallest absolute Gasteiger partial charge is 0.0852 e. The molecule has 0 unspecified atom stereocenters. The average molecular weight is 221 g/mol. The van der Waals surface area contributed by atoms with Crippen molar-refractivity contribution in [3.8, 4) is 11.3 Å². The van der Waals surface area contributed by atoms with Crippen molar-refractivity contribution in [3.63, 3.8) is 0 Å².